The van der Waals surface area contributed by atoms with E-state index in [1.165, 1.54) is 0 Å². The molecule has 0 radical (unpaired) electrons. The minimum Gasteiger partial charge on any atom is -0.380 e. The highest BCUT2D eigenvalue weighted by atomic mass is 28.1. The topological polar surface area (TPSA) is 12.5 Å². The molecule has 0 N–H and O–H groups in total. The predicted molar refractivity (Wildman–Crippen MR) is 49.3 cm³/mol. The molecule has 0 spiro atoms. The van der Waals surface area contributed by atoms with Crippen molar-refractivity contribution in [3.63, 3.8) is 0 Å². The Balaban J connectivity index is 2.46. The molecule has 66 valence electrons. The summed E-state index contributed by atoms with van der Waals surface area (Å²) < 4.78 is 6.45. The SMILES string of the molecule is C[N+](C)(C)N1CCOC([SiH3])C1. The van der Waals surface area contributed by atoms with Crippen LogP contribution in [0.4, 0.5) is 0 Å². The lowest BCUT2D eigenvalue weighted by Gasteiger charge is -2.40. The van der Waals surface area contributed by atoms with Crippen molar-refractivity contribution in [2.24, 2.45) is 0 Å². The van der Waals surface area contributed by atoms with Crippen molar-refractivity contribution < 1.29 is 9.33 Å². The van der Waals surface area contributed by atoms with E-state index in [1.807, 2.05) is 0 Å². The number of hydrogen-bond donors (Lipinski definition) is 0. The van der Waals surface area contributed by atoms with Gasteiger partial charge in [-0.25, -0.2) is 0 Å². The molecule has 1 unspecified atom stereocenters. The standard InChI is InChI=1S/C7H19N2OSi/c1-9(2,3)8-4-5-10-7(11)6-8/h7H,4-6H2,1-3,11H3/q+1. The summed E-state index contributed by atoms with van der Waals surface area (Å²) in [6, 6.07) is 0. The molecule has 0 aliphatic carbocycles. The lowest BCUT2D eigenvalue weighted by atomic mass is 10.5. The zero-order valence-electron chi connectivity index (χ0n) is 8.00. The van der Waals surface area contributed by atoms with E-state index in [4.69, 9.17) is 4.74 Å². The van der Waals surface area contributed by atoms with Gasteiger partial charge in [0.2, 0.25) is 0 Å². The fourth-order valence-electron chi connectivity index (χ4n) is 1.34. The number of rotatable bonds is 1. The fourth-order valence-corrected chi connectivity index (χ4v) is 2.00. The van der Waals surface area contributed by atoms with Crippen molar-refractivity contribution in [2.75, 3.05) is 40.8 Å². The Hall–Kier alpha value is 0.0969. The largest absolute Gasteiger partial charge is 0.380 e. The average Bonchev–Trinajstić information content (AvgIpc) is 1.86. The van der Waals surface area contributed by atoms with Crippen molar-refractivity contribution >= 4 is 10.2 Å². The molecule has 1 saturated heterocycles. The summed E-state index contributed by atoms with van der Waals surface area (Å²) >= 11 is 0. The molecule has 0 aromatic rings. The van der Waals surface area contributed by atoms with Crippen molar-refractivity contribution in [2.45, 2.75) is 5.73 Å². The van der Waals surface area contributed by atoms with E-state index in [0.29, 0.717) is 5.73 Å². The van der Waals surface area contributed by atoms with Gasteiger partial charge in [0.05, 0.1) is 46.6 Å². The predicted octanol–water partition coefficient (Wildman–Crippen LogP) is -1.37. The first-order valence-corrected chi connectivity index (χ1v) is 5.34. The molecule has 0 aromatic heterocycles. The van der Waals surface area contributed by atoms with E-state index in [-0.39, 0.29) is 0 Å². The van der Waals surface area contributed by atoms with Crippen LogP contribution in [-0.4, -0.2) is 66.4 Å². The van der Waals surface area contributed by atoms with Crippen LogP contribution >= 0.6 is 0 Å². The number of quaternary nitrogens is 1. The van der Waals surface area contributed by atoms with Crippen molar-refractivity contribution in [3.8, 4) is 0 Å². The molecular weight excluding hydrogens is 156 g/mol. The van der Waals surface area contributed by atoms with Crippen LogP contribution in [-0.2, 0) is 4.74 Å². The Labute approximate surface area is 71.9 Å². The van der Waals surface area contributed by atoms with Crippen molar-refractivity contribution in [3.05, 3.63) is 0 Å². The molecule has 1 fully saturated rings. The van der Waals surface area contributed by atoms with Gasteiger partial charge in [-0.1, -0.05) is 0 Å². The molecule has 1 rings (SSSR count). The molecule has 0 aromatic carbocycles. The van der Waals surface area contributed by atoms with E-state index in [2.05, 4.69) is 26.2 Å². The van der Waals surface area contributed by atoms with Crippen LogP contribution in [0.2, 0.25) is 0 Å². The van der Waals surface area contributed by atoms with E-state index < -0.39 is 0 Å². The van der Waals surface area contributed by atoms with Gasteiger partial charge in [0.1, 0.15) is 0 Å². The van der Waals surface area contributed by atoms with Gasteiger partial charge in [0.15, 0.2) is 0 Å². The molecule has 11 heavy (non-hydrogen) atoms. The molecule has 1 heterocycles. The minimum absolute atomic E-state index is 0.529. The second-order valence-corrected chi connectivity index (χ2v) is 5.32. The number of nitrogens with zero attached hydrogens (tertiary/aromatic N) is 2. The molecule has 1 aliphatic heterocycles. The molecule has 1 atom stereocenters. The lowest BCUT2D eigenvalue weighted by molar-refractivity contribution is -0.988. The Morgan fingerprint density at radius 1 is 1.45 bits per heavy atom. The van der Waals surface area contributed by atoms with E-state index in [0.717, 1.165) is 34.5 Å². The third-order valence-electron chi connectivity index (χ3n) is 2.07. The van der Waals surface area contributed by atoms with Crippen LogP contribution < -0.4 is 0 Å². The number of ether oxygens (including phenoxy) is 1. The van der Waals surface area contributed by atoms with Crippen LogP contribution in [0.25, 0.3) is 0 Å². The van der Waals surface area contributed by atoms with Crippen LogP contribution in [0.3, 0.4) is 0 Å². The average molecular weight is 175 g/mol. The summed E-state index contributed by atoms with van der Waals surface area (Å²) in [5.74, 6) is 0. The molecule has 4 heteroatoms. The molecule has 1 aliphatic rings. The second-order valence-electron chi connectivity index (χ2n) is 4.04. The molecule has 0 amide bonds. The summed E-state index contributed by atoms with van der Waals surface area (Å²) in [5.41, 5.74) is 0.529. The maximum Gasteiger partial charge on any atom is 0.0855 e. The third kappa shape index (κ3) is 2.55. The smallest absolute Gasteiger partial charge is 0.0855 e. The van der Waals surface area contributed by atoms with E-state index in [1.54, 1.807) is 0 Å². The number of hydrogen-bond acceptors (Lipinski definition) is 2. The summed E-state index contributed by atoms with van der Waals surface area (Å²) in [5, 5.41) is 2.45. The van der Waals surface area contributed by atoms with E-state index in [9.17, 15) is 0 Å². The normalized spacial score (nSPS) is 29.2. The van der Waals surface area contributed by atoms with Gasteiger partial charge in [0.25, 0.3) is 0 Å². The first-order chi connectivity index (χ1) is 5.00. The van der Waals surface area contributed by atoms with Gasteiger partial charge in [-0.15, -0.1) is 0 Å². The zero-order valence-corrected chi connectivity index (χ0v) is 10.0. The highest BCUT2D eigenvalue weighted by Gasteiger charge is 2.26. The monoisotopic (exact) mass is 175 g/mol. The lowest BCUT2D eigenvalue weighted by Crippen LogP contribution is -2.58. The number of morpholine rings is 1. The third-order valence-corrected chi connectivity index (χ3v) is 2.77. The van der Waals surface area contributed by atoms with Crippen LogP contribution in [0, 0.1) is 0 Å². The molecular formula is C7H19N2OSi+. The van der Waals surface area contributed by atoms with Gasteiger partial charge < -0.3 is 4.74 Å². The quantitative estimate of drug-likeness (QED) is 0.360. The fraction of sp³-hybridized carbons (Fsp3) is 1.00. The first-order valence-electron chi connectivity index (χ1n) is 4.18. The first kappa shape index (κ1) is 9.19. The summed E-state index contributed by atoms with van der Waals surface area (Å²) in [4.78, 5) is 0. The van der Waals surface area contributed by atoms with Gasteiger partial charge >= 0.3 is 0 Å². The summed E-state index contributed by atoms with van der Waals surface area (Å²) in [6.45, 7) is 3.08. The van der Waals surface area contributed by atoms with Crippen LogP contribution in [0.15, 0.2) is 0 Å². The Kier molecular flexibility index (Phi) is 2.69. The van der Waals surface area contributed by atoms with Crippen molar-refractivity contribution in [1.29, 1.82) is 0 Å². The molecule has 0 saturated carbocycles. The van der Waals surface area contributed by atoms with E-state index >= 15 is 0 Å². The maximum absolute atomic E-state index is 5.51. The Bertz CT molecular complexity index is 135. The van der Waals surface area contributed by atoms with Gasteiger partial charge in [-0.2, -0.15) is 5.01 Å². The maximum atomic E-state index is 5.51. The van der Waals surface area contributed by atoms with Crippen LogP contribution in [0.5, 0.6) is 0 Å². The molecule has 0 bridgehead atoms. The summed E-state index contributed by atoms with van der Waals surface area (Å²) in [7, 11) is 7.77. The van der Waals surface area contributed by atoms with Crippen LogP contribution in [0.1, 0.15) is 0 Å². The van der Waals surface area contributed by atoms with Gasteiger partial charge in [-0.3, -0.25) is 4.59 Å². The Morgan fingerprint density at radius 3 is 2.45 bits per heavy atom. The van der Waals surface area contributed by atoms with Gasteiger partial charge in [-0.05, 0) is 0 Å². The highest BCUT2D eigenvalue weighted by molar-refractivity contribution is 6.11. The Morgan fingerprint density at radius 2 is 2.09 bits per heavy atom. The minimum atomic E-state index is 0.529. The second kappa shape index (κ2) is 3.22. The highest BCUT2D eigenvalue weighted by Crippen LogP contribution is 2.07. The summed E-state index contributed by atoms with van der Waals surface area (Å²) in [6.07, 6.45) is 0. The zero-order chi connectivity index (χ0) is 8.48. The van der Waals surface area contributed by atoms with Gasteiger partial charge in [0, 0.05) is 10.2 Å². The van der Waals surface area contributed by atoms with Crippen molar-refractivity contribution in [1.82, 2.24) is 5.01 Å². The molecule has 3 nitrogen and oxygen atoms in total.